The number of amides is 1. The van der Waals surface area contributed by atoms with Crippen LogP contribution in [0, 0.1) is 5.82 Å². The normalized spacial score (nSPS) is 14.0. The average molecular weight is 340 g/mol. The van der Waals surface area contributed by atoms with Gasteiger partial charge >= 0.3 is 0 Å². The molecule has 2 N–H and O–H groups in total. The third kappa shape index (κ3) is 2.90. The van der Waals surface area contributed by atoms with Gasteiger partial charge in [-0.2, -0.15) is 10.2 Å². The van der Waals surface area contributed by atoms with Crippen molar-refractivity contribution in [3.63, 3.8) is 0 Å². The quantitative estimate of drug-likeness (QED) is 0.765. The molecular weight excluding hydrogens is 323 g/mol. The van der Waals surface area contributed by atoms with E-state index in [1.54, 1.807) is 18.2 Å². The number of hydrogen-bond donors (Lipinski definition) is 1. The minimum Gasteiger partial charge on any atom is -0.369 e. The van der Waals surface area contributed by atoms with E-state index in [-0.39, 0.29) is 17.9 Å². The van der Waals surface area contributed by atoms with Gasteiger partial charge < -0.3 is 5.73 Å². The van der Waals surface area contributed by atoms with Crippen LogP contribution in [0.3, 0.4) is 0 Å². The summed E-state index contributed by atoms with van der Waals surface area (Å²) < 4.78 is 17.5. The Labute approximate surface area is 143 Å². The van der Waals surface area contributed by atoms with Crippen LogP contribution in [0.1, 0.15) is 30.3 Å². The Morgan fingerprint density at radius 3 is 2.76 bits per heavy atom. The first-order chi connectivity index (χ1) is 12.0. The SMILES string of the molecule is Cn1nc(-c2nc(CC(N)=O)nn2-c2ccccc2F)cc1C1CC1. The van der Waals surface area contributed by atoms with Crippen LogP contribution >= 0.6 is 0 Å². The molecule has 1 fully saturated rings. The second-order valence-electron chi connectivity index (χ2n) is 6.21. The number of hydrogen-bond acceptors (Lipinski definition) is 4. The number of aryl methyl sites for hydroxylation is 1. The van der Waals surface area contributed by atoms with Gasteiger partial charge in [-0.25, -0.2) is 14.1 Å². The minimum absolute atomic E-state index is 0.114. The monoisotopic (exact) mass is 340 g/mol. The van der Waals surface area contributed by atoms with E-state index in [1.807, 2.05) is 17.8 Å². The van der Waals surface area contributed by atoms with Crippen molar-refractivity contribution in [2.24, 2.45) is 12.8 Å². The van der Waals surface area contributed by atoms with Crippen molar-refractivity contribution in [3.8, 4) is 17.2 Å². The topological polar surface area (TPSA) is 91.6 Å². The molecule has 1 aromatic carbocycles. The summed E-state index contributed by atoms with van der Waals surface area (Å²) in [5, 5.41) is 8.78. The van der Waals surface area contributed by atoms with Crippen molar-refractivity contribution in [3.05, 3.63) is 47.7 Å². The molecule has 0 saturated heterocycles. The number of aromatic nitrogens is 5. The van der Waals surface area contributed by atoms with Gasteiger partial charge in [0.2, 0.25) is 5.91 Å². The summed E-state index contributed by atoms with van der Waals surface area (Å²) in [4.78, 5) is 15.6. The number of rotatable bonds is 5. The van der Waals surface area contributed by atoms with Crippen LogP contribution in [0.15, 0.2) is 30.3 Å². The molecule has 0 aliphatic heterocycles. The Bertz CT molecular complexity index is 956. The maximum atomic E-state index is 14.3. The second-order valence-corrected chi connectivity index (χ2v) is 6.21. The van der Waals surface area contributed by atoms with Gasteiger partial charge in [-0.15, -0.1) is 0 Å². The highest BCUT2D eigenvalue weighted by Crippen LogP contribution is 2.40. The van der Waals surface area contributed by atoms with Gasteiger partial charge in [-0.1, -0.05) is 12.1 Å². The van der Waals surface area contributed by atoms with E-state index in [4.69, 9.17) is 5.73 Å². The molecule has 1 aliphatic rings. The molecule has 0 unspecified atom stereocenters. The first-order valence-corrected chi connectivity index (χ1v) is 8.06. The molecule has 1 aliphatic carbocycles. The van der Waals surface area contributed by atoms with Crippen LogP contribution in [-0.4, -0.2) is 30.5 Å². The highest BCUT2D eigenvalue weighted by atomic mass is 19.1. The van der Waals surface area contributed by atoms with E-state index in [0.29, 0.717) is 17.4 Å². The zero-order chi connectivity index (χ0) is 17.6. The van der Waals surface area contributed by atoms with E-state index < -0.39 is 11.7 Å². The Hall–Kier alpha value is -3.03. The summed E-state index contributed by atoms with van der Waals surface area (Å²) in [7, 11) is 1.88. The minimum atomic E-state index is -0.545. The van der Waals surface area contributed by atoms with Crippen molar-refractivity contribution >= 4 is 5.91 Å². The maximum absolute atomic E-state index is 14.3. The Morgan fingerprint density at radius 1 is 1.32 bits per heavy atom. The first-order valence-electron chi connectivity index (χ1n) is 8.06. The van der Waals surface area contributed by atoms with Gasteiger partial charge in [-0.3, -0.25) is 9.48 Å². The third-order valence-electron chi connectivity index (χ3n) is 4.20. The number of para-hydroxylation sites is 1. The van der Waals surface area contributed by atoms with Crippen LogP contribution in [0.25, 0.3) is 17.2 Å². The largest absolute Gasteiger partial charge is 0.369 e. The zero-order valence-electron chi connectivity index (χ0n) is 13.7. The number of nitrogens with zero attached hydrogens (tertiary/aromatic N) is 5. The lowest BCUT2D eigenvalue weighted by Crippen LogP contribution is -2.14. The molecule has 1 amide bonds. The van der Waals surface area contributed by atoms with Gasteiger partial charge in [0.05, 0.1) is 6.42 Å². The van der Waals surface area contributed by atoms with Crippen LogP contribution < -0.4 is 5.73 Å². The molecule has 0 bridgehead atoms. The molecule has 0 radical (unpaired) electrons. The van der Waals surface area contributed by atoms with Gasteiger partial charge in [-0.05, 0) is 31.0 Å². The fourth-order valence-corrected chi connectivity index (χ4v) is 2.89. The lowest BCUT2D eigenvalue weighted by Gasteiger charge is -2.04. The average Bonchev–Trinajstić information content (AvgIpc) is 3.21. The first kappa shape index (κ1) is 15.5. The summed E-state index contributed by atoms with van der Waals surface area (Å²) in [5.41, 5.74) is 7.21. The van der Waals surface area contributed by atoms with Crippen LogP contribution in [0.4, 0.5) is 4.39 Å². The smallest absolute Gasteiger partial charge is 0.225 e. The Morgan fingerprint density at radius 2 is 2.08 bits per heavy atom. The maximum Gasteiger partial charge on any atom is 0.225 e. The van der Waals surface area contributed by atoms with E-state index in [2.05, 4.69) is 15.2 Å². The predicted molar refractivity (Wildman–Crippen MR) is 88.4 cm³/mol. The van der Waals surface area contributed by atoms with Crippen molar-refractivity contribution in [2.75, 3.05) is 0 Å². The van der Waals surface area contributed by atoms with Gasteiger partial charge in [0.15, 0.2) is 11.6 Å². The van der Waals surface area contributed by atoms with Crippen LogP contribution in [0.5, 0.6) is 0 Å². The van der Waals surface area contributed by atoms with E-state index in [9.17, 15) is 9.18 Å². The molecule has 1 saturated carbocycles. The molecule has 4 rings (SSSR count). The number of primary amides is 1. The van der Waals surface area contributed by atoms with Crippen molar-refractivity contribution in [1.82, 2.24) is 24.5 Å². The summed E-state index contributed by atoms with van der Waals surface area (Å²) >= 11 is 0. The molecule has 128 valence electrons. The van der Waals surface area contributed by atoms with Crippen molar-refractivity contribution < 1.29 is 9.18 Å². The van der Waals surface area contributed by atoms with Crippen molar-refractivity contribution in [1.29, 1.82) is 0 Å². The van der Waals surface area contributed by atoms with E-state index in [1.165, 1.54) is 10.7 Å². The lowest BCUT2D eigenvalue weighted by atomic mass is 10.2. The van der Waals surface area contributed by atoms with Gasteiger partial charge in [0.1, 0.15) is 17.2 Å². The fourth-order valence-electron chi connectivity index (χ4n) is 2.89. The molecule has 0 atom stereocenters. The molecule has 2 aromatic heterocycles. The summed E-state index contributed by atoms with van der Waals surface area (Å²) in [6.45, 7) is 0. The molecule has 7 nitrogen and oxygen atoms in total. The summed E-state index contributed by atoms with van der Waals surface area (Å²) in [6, 6.07) is 8.22. The second kappa shape index (κ2) is 5.80. The summed E-state index contributed by atoms with van der Waals surface area (Å²) in [6.07, 6.45) is 2.18. The standard InChI is InChI=1S/C17H17FN6O/c1-23-14(10-6-7-10)8-12(21-23)17-20-16(9-15(19)25)22-24(17)13-5-3-2-4-11(13)18/h2-5,8,10H,6-7,9H2,1H3,(H2,19,25). The van der Waals surface area contributed by atoms with Crippen LogP contribution in [-0.2, 0) is 18.3 Å². The molecule has 8 heteroatoms. The lowest BCUT2D eigenvalue weighted by molar-refractivity contribution is -0.117. The third-order valence-corrected chi connectivity index (χ3v) is 4.20. The number of benzene rings is 1. The number of carbonyl (C=O) groups excluding carboxylic acids is 1. The highest BCUT2D eigenvalue weighted by molar-refractivity contribution is 5.75. The van der Waals surface area contributed by atoms with E-state index >= 15 is 0 Å². The molecule has 3 aromatic rings. The van der Waals surface area contributed by atoms with Crippen LogP contribution in [0.2, 0.25) is 0 Å². The molecular formula is C17H17FN6O. The van der Waals surface area contributed by atoms with E-state index in [0.717, 1.165) is 18.5 Å². The highest BCUT2D eigenvalue weighted by Gasteiger charge is 2.28. The molecule has 25 heavy (non-hydrogen) atoms. The van der Waals surface area contributed by atoms with Gasteiger partial charge in [0, 0.05) is 18.7 Å². The molecule has 0 spiro atoms. The zero-order valence-corrected chi connectivity index (χ0v) is 13.7. The Kier molecular flexibility index (Phi) is 3.60. The number of nitrogens with two attached hydrogens (primary N) is 1. The predicted octanol–water partition coefficient (Wildman–Crippen LogP) is 1.71. The molecule has 2 heterocycles. The summed E-state index contributed by atoms with van der Waals surface area (Å²) in [5.74, 6) is 0.170. The fraction of sp³-hybridized carbons (Fsp3) is 0.294. The van der Waals surface area contributed by atoms with Gasteiger partial charge in [0.25, 0.3) is 0 Å². The number of carbonyl (C=O) groups is 1. The Balaban J connectivity index is 1.85. The number of halogens is 1. The van der Waals surface area contributed by atoms with Crippen molar-refractivity contribution in [2.45, 2.75) is 25.2 Å².